The van der Waals surface area contributed by atoms with Crippen LogP contribution in [0.1, 0.15) is 31.1 Å². The second-order valence-corrected chi connectivity index (χ2v) is 5.89. The number of hydrogen-bond acceptors (Lipinski definition) is 3. The normalized spacial score (nSPS) is 12.6. The third kappa shape index (κ3) is 4.02. The SMILES string of the molecule is COc1ccc(F)cc1C(=O)CSC(C)C(C)C. The van der Waals surface area contributed by atoms with E-state index in [4.69, 9.17) is 4.74 Å². The van der Waals surface area contributed by atoms with Gasteiger partial charge in [-0.15, -0.1) is 0 Å². The Labute approximate surface area is 112 Å². The van der Waals surface area contributed by atoms with Crippen molar-refractivity contribution in [2.24, 2.45) is 5.92 Å². The number of ether oxygens (including phenoxy) is 1. The van der Waals surface area contributed by atoms with Crippen molar-refractivity contribution in [3.63, 3.8) is 0 Å². The summed E-state index contributed by atoms with van der Waals surface area (Å²) in [5.74, 6) is 0.778. The largest absolute Gasteiger partial charge is 0.496 e. The van der Waals surface area contributed by atoms with Gasteiger partial charge < -0.3 is 4.74 Å². The summed E-state index contributed by atoms with van der Waals surface area (Å²) in [5.41, 5.74) is 0.320. The van der Waals surface area contributed by atoms with Crippen LogP contribution in [0.4, 0.5) is 4.39 Å². The molecule has 0 N–H and O–H groups in total. The molecule has 18 heavy (non-hydrogen) atoms. The molecule has 0 aliphatic rings. The number of Topliss-reactive ketones (excluding diaryl/α,β-unsaturated/α-hetero) is 1. The highest BCUT2D eigenvalue weighted by Crippen LogP contribution is 2.24. The van der Waals surface area contributed by atoms with Crippen LogP contribution >= 0.6 is 11.8 Å². The zero-order valence-corrected chi connectivity index (χ0v) is 12.0. The molecule has 0 aliphatic carbocycles. The van der Waals surface area contributed by atoms with E-state index < -0.39 is 5.82 Å². The van der Waals surface area contributed by atoms with Gasteiger partial charge in [0.1, 0.15) is 11.6 Å². The molecule has 0 saturated heterocycles. The summed E-state index contributed by atoms with van der Waals surface area (Å²) < 4.78 is 18.2. The van der Waals surface area contributed by atoms with Crippen LogP contribution in [0.5, 0.6) is 5.75 Å². The maximum absolute atomic E-state index is 13.2. The maximum atomic E-state index is 13.2. The highest BCUT2D eigenvalue weighted by molar-refractivity contribution is 8.00. The van der Waals surface area contributed by atoms with Crippen molar-refractivity contribution in [2.45, 2.75) is 26.0 Å². The molecule has 0 aliphatic heterocycles. The summed E-state index contributed by atoms with van der Waals surface area (Å²) in [7, 11) is 1.48. The highest BCUT2D eigenvalue weighted by Gasteiger charge is 2.16. The fourth-order valence-corrected chi connectivity index (χ4v) is 2.33. The fraction of sp³-hybridized carbons (Fsp3) is 0.500. The second-order valence-electron chi connectivity index (χ2n) is 4.53. The third-order valence-electron chi connectivity index (χ3n) is 2.88. The van der Waals surface area contributed by atoms with Crippen molar-refractivity contribution in [1.82, 2.24) is 0 Å². The van der Waals surface area contributed by atoms with E-state index in [-0.39, 0.29) is 5.78 Å². The molecule has 1 aromatic rings. The zero-order chi connectivity index (χ0) is 13.7. The Kier molecular flexibility index (Phi) is 5.66. The van der Waals surface area contributed by atoms with Crippen LogP contribution in [0.15, 0.2) is 18.2 Å². The minimum absolute atomic E-state index is 0.0937. The molecular formula is C14H19FO2S. The Hall–Kier alpha value is -1.03. The van der Waals surface area contributed by atoms with E-state index in [1.165, 1.54) is 25.3 Å². The average Bonchev–Trinajstić information content (AvgIpc) is 2.35. The molecule has 1 rings (SSSR count). The molecule has 0 spiro atoms. The lowest BCUT2D eigenvalue weighted by molar-refractivity contribution is 0.101. The number of benzene rings is 1. The van der Waals surface area contributed by atoms with Crippen LogP contribution in [0.2, 0.25) is 0 Å². The minimum atomic E-state index is -0.416. The Bertz CT molecular complexity index is 418. The molecule has 1 unspecified atom stereocenters. The molecule has 0 aromatic heterocycles. The van der Waals surface area contributed by atoms with Crippen LogP contribution in [-0.4, -0.2) is 23.9 Å². The lowest BCUT2D eigenvalue weighted by atomic mass is 10.1. The van der Waals surface area contributed by atoms with Gasteiger partial charge in [0.15, 0.2) is 5.78 Å². The topological polar surface area (TPSA) is 26.3 Å². The quantitative estimate of drug-likeness (QED) is 0.736. The number of halogens is 1. The van der Waals surface area contributed by atoms with Crippen LogP contribution in [-0.2, 0) is 0 Å². The number of thioether (sulfide) groups is 1. The van der Waals surface area contributed by atoms with Crippen molar-refractivity contribution in [3.05, 3.63) is 29.6 Å². The smallest absolute Gasteiger partial charge is 0.176 e. The third-order valence-corrected chi connectivity index (χ3v) is 4.38. The molecule has 0 saturated carbocycles. The molecule has 2 nitrogen and oxygen atoms in total. The van der Waals surface area contributed by atoms with E-state index >= 15 is 0 Å². The molecule has 100 valence electrons. The van der Waals surface area contributed by atoms with Gasteiger partial charge in [0.05, 0.1) is 18.4 Å². The molecule has 0 bridgehead atoms. The molecular weight excluding hydrogens is 251 g/mol. The van der Waals surface area contributed by atoms with Crippen molar-refractivity contribution in [3.8, 4) is 5.75 Å². The van der Waals surface area contributed by atoms with E-state index in [1.54, 1.807) is 11.8 Å². The molecule has 1 aromatic carbocycles. The summed E-state index contributed by atoms with van der Waals surface area (Å²) in [6, 6.07) is 4.01. The van der Waals surface area contributed by atoms with Crippen LogP contribution < -0.4 is 4.74 Å². The van der Waals surface area contributed by atoms with Gasteiger partial charge >= 0.3 is 0 Å². The van der Waals surface area contributed by atoms with Crippen molar-refractivity contribution < 1.29 is 13.9 Å². The summed E-state index contributed by atoms with van der Waals surface area (Å²) >= 11 is 1.58. The van der Waals surface area contributed by atoms with E-state index in [0.717, 1.165) is 0 Å². The van der Waals surface area contributed by atoms with Crippen LogP contribution in [0.3, 0.4) is 0 Å². The van der Waals surface area contributed by atoms with E-state index in [0.29, 0.717) is 28.2 Å². The number of carbonyl (C=O) groups is 1. The lowest BCUT2D eigenvalue weighted by Crippen LogP contribution is -2.12. The van der Waals surface area contributed by atoms with Gasteiger partial charge in [-0.1, -0.05) is 20.8 Å². The standard InChI is InChI=1S/C14H19FO2S/c1-9(2)10(3)18-8-13(16)12-7-11(15)5-6-14(12)17-4/h5-7,9-10H,8H2,1-4H3. The number of ketones is 1. The Morgan fingerprint density at radius 1 is 1.39 bits per heavy atom. The zero-order valence-electron chi connectivity index (χ0n) is 11.2. The van der Waals surface area contributed by atoms with E-state index in [9.17, 15) is 9.18 Å². The molecule has 1 atom stereocenters. The summed E-state index contributed by atoms with van der Waals surface area (Å²) in [4.78, 5) is 12.0. The highest BCUT2D eigenvalue weighted by atomic mass is 32.2. The Morgan fingerprint density at radius 2 is 2.06 bits per heavy atom. The minimum Gasteiger partial charge on any atom is -0.496 e. The molecule has 0 radical (unpaired) electrons. The first-order valence-electron chi connectivity index (χ1n) is 5.94. The van der Waals surface area contributed by atoms with Crippen molar-refractivity contribution in [1.29, 1.82) is 0 Å². The number of carbonyl (C=O) groups excluding carboxylic acids is 1. The monoisotopic (exact) mass is 270 g/mol. The van der Waals surface area contributed by atoms with Crippen LogP contribution in [0, 0.1) is 11.7 Å². The fourth-order valence-electron chi connectivity index (χ4n) is 1.38. The van der Waals surface area contributed by atoms with Gasteiger partial charge in [0, 0.05) is 5.25 Å². The van der Waals surface area contributed by atoms with Gasteiger partial charge in [0.2, 0.25) is 0 Å². The molecule has 4 heteroatoms. The van der Waals surface area contributed by atoms with Gasteiger partial charge in [-0.25, -0.2) is 4.39 Å². The Morgan fingerprint density at radius 3 is 2.61 bits per heavy atom. The first kappa shape index (κ1) is 15.0. The first-order chi connectivity index (χ1) is 8.45. The molecule has 0 heterocycles. The lowest BCUT2D eigenvalue weighted by Gasteiger charge is -2.14. The van der Waals surface area contributed by atoms with Gasteiger partial charge in [-0.2, -0.15) is 11.8 Å². The van der Waals surface area contributed by atoms with E-state index in [2.05, 4.69) is 20.8 Å². The predicted octanol–water partition coefficient (Wildman–Crippen LogP) is 3.79. The van der Waals surface area contributed by atoms with Gasteiger partial charge in [-0.05, 0) is 24.1 Å². The Balaban J connectivity index is 2.75. The number of methoxy groups -OCH3 is 1. The number of hydrogen-bond donors (Lipinski definition) is 0. The van der Waals surface area contributed by atoms with E-state index in [1.807, 2.05) is 0 Å². The summed E-state index contributed by atoms with van der Waals surface area (Å²) in [5, 5.41) is 0.397. The first-order valence-corrected chi connectivity index (χ1v) is 6.99. The molecule has 0 fully saturated rings. The van der Waals surface area contributed by atoms with Crippen LogP contribution in [0.25, 0.3) is 0 Å². The van der Waals surface area contributed by atoms with Crippen molar-refractivity contribution >= 4 is 17.5 Å². The van der Waals surface area contributed by atoms with Gasteiger partial charge in [0.25, 0.3) is 0 Å². The molecule has 0 amide bonds. The average molecular weight is 270 g/mol. The van der Waals surface area contributed by atoms with Gasteiger partial charge in [-0.3, -0.25) is 4.79 Å². The summed E-state index contributed by atoms with van der Waals surface area (Å²) in [6.45, 7) is 6.32. The van der Waals surface area contributed by atoms with Crippen molar-refractivity contribution in [2.75, 3.05) is 12.9 Å². The second kappa shape index (κ2) is 6.78. The predicted molar refractivity (Wildman–Crippen MR) is 74.0 cm³/mol. The number of rotatable bonds is 6. The maximum Gasteiger partial charge on any atom is 0.176 e. The summed E-state index contributed by atoms with van der Waals surface area (Å²) in [6.07, 6.45) is 0.